The van der Waals surface area contributed by atoms with Gasteiger partial charge in [0, 0.05) is 30.7 Å². The second kappa shape index (κ2) is 7.62. The third-order valence-corrected chi connectivity index (χ3v) is 5.66. The lowest BCUT2D eigenvalue weighted by atomic mass is 10.1. The Kier molecular flexibility index (Phi) is 5.05. The predicted octanol–water partition coefficient (Wildman–Crippen LogP) is 3.77. The minimum atomic E-state index is -0.118. The van der Waals surface area contributed by atoms with Gasteiger partial charge in [-0.25, -0.2) is 9.97 Å². The van der Waals surface area contributed by atoms with Crippen molar-refractivity contribution in [1.29, 1.82) is 0 Å². The number of likely N-dealkylation sites (tertiary alicyclic amines) is 1. The Hall–Kier alpha value is -2.51. The number of carbonyl (C=O) groups excluding carboxylic acids is 1. The van der Waals surface area contributed by atoms with Crippen LogP contribution in [0.4, 0.5) is 5.13 Å². The summed E-state index contributed by atoms with van der Waals surface area (Å²) in [6, 6.07) is 7.84. The maximum atomic E-state index is 12.4. The van der Waals surface area contributed by atoms with Crippen LogP contribution in [0.5, 0.6) is 0 Å². The molecule has 1 N–H and O–H groups in total. The number of amides is 1. The standard InChI is InChI=1S/C20H23N5OS/c1-14-5-7-15(8-6-14)19(26)23-20-22-17(12-27-20)18-4-3-9-25(18)11-16-10-24(2)13-21-16/h5-8,10,12-13,18H,3-4,9,11H2,1-2H3,(H,22,23,26). The number of aromatic nitrogens is 3. The number of benzene rings is 1. The zero-order valence-electron chi connectivity index (χ0n) is 15.6. The summed E-state index contributed by atoms with van der Waals surface area (Å²) in [4.78, 5) is 23.9. The Labute approximate surface area is 162 Å². The average molecular weight is 382 g/mol. The first kappa shape index (κ1) is 17.9. The second-order valence-corrected chi connectivity index (χ2v) is 7.91. The molecule has 3 aromatic rings. The van der Waals surface area contributed by atoms with E-state index in [4.69, 9.17) is 4.98 Å². The zero-order chi connectivity index (χ0) is 18.8. The molecule has 0 spiro atoms. The van der Waals surface area contributed by atoms with Crippen LogP contribution < -0.4 is 5.32 Å². The lowest BCUT2D eigenvalue weighted by Gasteiger charge is -2.21. The molecule has 1 fully saturated rings. The summed E-state index contributed by atoms with van der Waals surface area (Å²) in [5.74, 6) is -0.118. The van der Waals surface area contributed by atoms with Crippen LogP contribution in [0.1, 0.15) is 46.2 Å². The van der Waals surface area contributed by atoms with Crippen molar-refractivity contribution in [3.05, 3.63) is 64.7 Å². The molecule has 1 unspecified atom stereocenters. The van der Waals surface area contributed by atoms with Gasteiger partial charge in [0.2, 0.25) is 0 Å². The molecule has 1 aliphatic rings. The molecule has 1 atom stereocenters. The van der Waals surface area contributed by atoms with Gasteiger partial charge < -0.3 is 4.57 Å². The highest BCUT2D eigenvalue weighted by atomic mass is 32.1. The Morgan fingerprint density at radius 1 is 1.33 bits per heavy atom. The summed E-state index contributed by atoms with van der Waals surface area (Å²) in [6.45, 7) is 3.88. The zero-order valence-corrected chi connectivity index (χ0v) is 16.4. The average Bonchev–Trinajstić information content (AvgIpc) is 3.37. The number of imidazole rings is 1. The Morgan fingerprint density at radius 2 is 2.15 bits per heavy atom. The van der Waals surface area contributed by atoms with Gasteiger partial charge in [0.25, 0.3) is 5.91 Å². The van der Waals surface area contributed by atoms with E-state index >= 15 is 0 Å². The fourth-order valence-corrected chi connectivity index (χ4v) is 4.23. The number of aryl methyl sites for hydroxylation is 2. The third kappa shape index (κ3) is 4.09. The smallest absolute Gasteiger partial charge is 0.257 e. The molecule has 1 aliphatic heterocycles. The minimum absolute atomic E-state index is 0.118. The number of rotatable bonds is 5. The number of hydrogen-bond acceptors (Lipinski definition) is 5. The van der Waals surface area contributed by atoms with Gasteiger partial charge in [-0.1, -0.05) is 17.7 Å². The first-order valence-corrected chi connectivity index (χ1v) is 10.0. The van der Waals surface area contributed by atoms with E-state index in [1.807, 2.05) is 49.1 Å². The van der Waals surface area contributed by atoms with Gasteiger partial charge in [0.05, 0.1) is 23.8 Å². The molecule has 2 aromatic heterocycles. The molecular weight excluding hydrogens is 358 g/mol. The van der Waals surface area contributed by atoms with E-state index in [2.05, 4.69) is 26.8 Å². The number of nitrogens with zero attached hydrogens (tertiary/aromatic N) is 4. The van der Waals surface area contributed by atoms with E-state index in [0.717, 1.165) is 42.9 Å². The minimum Gasteiger partial charge on any atom is -0.340 e. The van der Waals surface area contributed by atoms with E-state index in [1.54, 1.807) is 0 Å². The van der Waals surface area contributed by atoms with E-state index in [1.165, 1.54) is 11.3 Å². The molecule has 1 amide bonds. The van der Waals surface area contributed by atoms with Gasteiger partial charge in [-0.05, 0) is 38.4 Å². The highest BCUT2D eigenvalue weighted by Gasteiger charge is 2.28. The SMILES string of the molecule is Cc1ccc(C(=O)Nc2nc(C3CCCN3Cc3cn(C)cn3)cs2)cc1. The van der Waals surface area contributed by atoms with Crippen LogP contribution in [0.2, 0.25) is 0 Å². The fraction of sp³-hybridized carbons (Fsp3) is 0.350. The summed E-state index contributed by atoms with van der Waals surface area (Å²) in [6.07, 6.45) is 6.13. The first-order chi connectivity index (χ1) is 13.1. The number of thiazole rings is 1. The number of hydrogen-bond donors (Lipinski definition) is 1. The lowest BCUT2D eigenvalue weighted by Crippen LogP contribution is -2.23. The van der Waals surface area contributed by atoms with Crippen LogP contribution in [0.25, 0.3) is 0 Å². The maximum Gasteiger partial charge on any atom is 0.257 e. The monoisotopic (exact) mass is 381 g/mol. The molecule has 4 rings (SSSR count). The van der Waals surface area contributed by atoms with Crippen molar-refractivity contribution >= 4 is 22.4 Å². The second-order valence-electron chi connectivity index (χ2n) is 7.06. The van der Waals surface area contributed by atoms with E-state index in [9.17, 15) is 4.79 Å². The third-order valence-electron chi connectivity index (χ3n) is 4.88. The highest BCUT2D eigenvalue weighted by molar-refractivity contribution is 7.14. The molecule has 140 valence electrons. The van der Waals surface area contributed by atoms with Gasteiger partial charge >= 0.3 is 0 Å². The van der Waals surface area contributed by atoms with Crippen LogP contribution in [0.3, 0.4) is 0 Å². The Bertz CT molecular complexity index is 930. The molecule has 1 aromatic carbocycles. The maximum absolute atomic E-state index is 12.4. The molecule has 27 heavy (non-hydrogen) atoms. The normalized spacial score (nSPS) is 17.3. The number of nitrogens with one attached hydrogen (secondary N) is 1. The molecule has 0 bridgehead atoms. The van der Waals surface area contributed by atoms with Crippen LogP contribution in [-0.2, 0) is 13.6 Å². The largest absolute Gasteiger partial charge is 0.340 e. The van der Waals surface area contributed by atoms with Crippen molar-refractivity contribution in [1.82, 2.24) is 19.4 Å². The highest BCUT2D eigenvalue weighted by Crippen LogP contribution is 2.34. The molecular formula is C20H23N5OS. The van der Waals surface area contributed by atoms with E-state index < -0.39 is 0 Å². The molecule has 3 heterocycles. The Balaban J connectivity index is 1.43. The summed E-state index contributed by atoms with van der Waals surface area (Å²) >= 11 is 1.49. The van der Waals surface area contributed by atoms with Gasteiger partial charge in [0.15, 0.2) is 5.13 Å². The van der Waals surface area contributed by atoms with Crippen LogP contribution in [0, 0.1) is 6.92 Å². The number of carbonyl (C=O) groups is 1. The topological polar surface area (TPSA) is 63.1 Å². The summed E-state index contributed by atoms with van der Waals surface area (Å²) < 4.78 is 1.97. The van der Waals surface area contributed by atoms with E-state index in [0.29, 0.717) is 10.7 Å². The van der Waals surface area contributed by atoms with Crippen molar-refractivity contribution in [3.63, 3.8) is 0 Å². The van der Waals surface area contributed by atoms with Crippen LogP contribution >= 0.6 is 11.3 Å². The van der Waals surface area contributed by atoms with Crippen molar-refractivity contribution in [2.24, 2.45) is 7.05 Å². The first-order valence-electron chi connectivity index (χ1n) is 9.13. The molecule has 0 aliphatic carbocycles. The van der Waals surface area contributed by atoms with Gasteiger partial charge in [-0.2, -0.15) is 0 Å². The van der Waals surface area contributed by atoms with Crippen LogP contribution in [-0.4, -0.2) is 31.9 Å². The lowest BCUT2D eigenvalue weighted by molar-refractivity contribution is 0.102. The van der Waals surface area contributed by atoms with Crippen molar-refractivity contribution < 1.29 is 4.79 Å². The summed E-state index contributed by atoms with van der Waals surface area (Å²) in [5.41, 5.74) is 3.90. The summed E-state index contributed by atoms with van der Waals surface area (Å²) in [7, 11) is 1.99. The number of anilines is 1. The van der Waals surface area contributed by atoms with Crippen LogP contribution in [0.15, 0.2) is 42.2 Å². The fourth-order valence-electron chi connectivity index (χ4n) is 3.48. The summed E-state index contributed by atoms with van der Waals surface area (Å²) in [5, 5.41) is 5.64. The van der Waals surface area contributed by atoms with Gasteiger partial charge in [0.1, 0.15) is 0 Å². The van der Waals surface area contributed by atoms with Gasteiger partial charge in [-0.15, -0.1) is 11.3 Å². The quantitative estimate of drug-likeness (QED) is 0.731. The van der Waals surface area contributed by atoms with Crippen molar-refractivity contribution in [2.45, 2.75) is 32.4 Å². The van der Waals surface area contributed by atoms with Crippen molar-refractivity contribution in [2.75, 3.05) is 11.9 Å². The van der Waals surface area contributed by atoms with Gasteiger partial charge in [-0.3, -0.25) is 15.0 Å². The Morgan fingerprint density at radius 3 is 2.89 bits per heavy atom. The molecule has 0 radical (unpaired) electrons. The van der Waals surface area contributed by atoms with E-state index in [-0.39, 0.29) is 11.9 Å². The molecule has 0 saturated carbocycles. The molecule has 6 nitrogen and oxygen atoms in total. The molecule has 7 heteroatoms. The van der Waals surface area contributed by atoms with Crippen molar-refractivity contribution in [3.8, 4) is 0 Å². The predicted molar refractivity (Wildman–Crippen MR) is 107 cm³/mol. The molecule has 1 saturated heterocycles.